The minimum absolute atomic E-state index is 0.111. The van der Waals surface area contributed by atoms with Crippen LogP contribution in [0.4, 0.5) is 10.5 Å². The summed E-state index contributed by atoms with van der Waals surface area (Å²) in [7, 11) is 1.93. The molecule has 0 radical (unpaired) electrons. The van der Waals surface area contributed by atoms with Crippen LogP contribution in [0.3, 0.4) is 0 Å². The number of anilines is 1. The van der Waals surface area contributed by atoms with Crippen molar-refractivity contribution in [3.8, 4) is 0 Å². The molecule has 2 aliphatic heterocycles. The van der Waals surface area contributed by atoms with Gasteiger partial charge in [0.25, 0.3) is 5.91 Å². The van der Waals surface area contributed by atoms with Crippen LogP contribution < -0.4 is 4.90 Å². The normalized spacial score (nSPS) is 25.6. The van der Waals surface area contributed by atoms with E-state index in [-0.39, 0.29) is 17.5 Å². The molecule has 2 fully saturated rings. The summed E-state index contributed by atoms with van der Waals surface area (Å²) in [5.41, 5.74) is 0.614. The van der Waals surface area contributed by atoms with Gasteiger partial charge in [-0.25, -0.2) is 4.79 Å². The Hall–Kier alpha value is -2.09. The summed E-state index contributed by atoms with van der Waals surface area (Å²) in [6.45, 7) is 0.942. The number of benzene rings is 1. The van der Waals surface area contributed by atoms with E-state index in [1.807, 2.05) is 53.7 Å². The molecular weight excluding hydrogens is 386 g/mol. The Morgan fingerprint density at radius 2 is 2.00 bits per heavy atom. The molecule has 142 valence electrons. The molecule has 3 heterocycles. The van der Waals surface area contributed by atoms with Gasteiger partial charge in [0.15, 0.2) is 6.23 Å². The van der Waals surface area contributed by atoms with Gasteiger partial charge in [0.2, 0.25) is 0 Å². The van der Waals surface area contributed by atoms with Crippen LogP contribution >= 0.6 is 22.9 Å². The topological polar surface area (TPSA) is 53.1 Å². The van der Waals surface area contributed by atoms with Crippen LogP contribution in [0.5, 0.6) is 0 Å². The number of carbonyl (C=O) groups excluding carboxylic acids is 2. The molecule has 2 aliphatic rings. The lowest BCUT2D eigenvalue weighted by atomic mass is 10.2. The largest absolute Gasteiger partial charge is 0.423 e. The van der Waals surface area contributed by atoms with Crippen LogP contribution in [0.15, 0.2) is 47.8 Å². The number of nitrogens with zero attached hydrogens (tertiary/aromatic N) is 3. The molecule has 3 atom stereocenters. The van der Waals surface area contributed by atoms with E-state index in [1.165, 1.54) is 11.3 Å². The molecular formula is C19H20ClN3O3S. The molecule has 8 heteroatoms. The summed E-state index contributed by atoms with van der Waals surface area (Å²) in [5, 5.41) is 1.87. The highest BCUT2D eigenvalue weighted by Gasteiger charge is 2.44. The van der Waals surface area contributed by atoms with Gasteiger partial charge in [-0.1, -0.05) is 24.3 Å². The number of rotatable bonds is 4. The van der Waals surface area contributed by atoms with Crippen molar-refractivity contribution in [3.63, 3.8) is 0 Å². The quantitative estimate of drug-likeness (QED) is 0.577. The first-order valence-corrected chi connectivity index (χ1v) is 10.1. The number of alkyl halides is 1. The third-order valence-electron chi connectivity index (χ3n) is 4.98. The summed E-state index contributed by atoms with van der Waals surface area (Å²) in [5.74, 6) is -0.123. The third-order valence-corrected chi connectivity index (χ3v) is 6.35. The molecule has 3 unspecified atom stereocenters. The van der Waals surface area contributed by atoms with E-state index >= 15 is 0 Å². The Kier molecular flexibility index (Phi) is 5.08. The minimum atomic E-state index is -0.646. The third kappa shape index (κ3) is 3.54. The number of halogens is 1. The molecule has 1 aromatic carbocycles. The summed E-state index contributed by atoms with van der Waals surface area (Å²) in [6, 6.07) is 12.9. The number of cyclic esters (lactones) is 1. The molecule has 27 heavy (non-hydrogen) atoms. The van der Waals surface area contributed by atoms with E-state index in [4.69, 9.17) is 16.3 Å². The van der Waals surface area contributed by atoms with Crippen molar-refractivity contribution in [2.75, 3.05) is 25.0 Å². The van der Waals surface area contributed by atoms with Gasteiger partial charge >= 0.3 is 6.09 Å². The zero-order chi connectivity index (χ0) is 19.0. The molecule has 0 spiro atoms. The van der Waals surface area contributed by atoms with Crippen molar-refractivity contribution in [3.05, 3.63) is 52.7 Å². The smallest absolute Gasteiger partial charge is 0.416 e. The van der Waals surface area contributed by atoms with E-state index in [0.29, 0.717) is 24.4 Å². The van der Waals surface area contributed by atoms with Crippen molar-refractivity contribution >= 4 is 40.6 Å². The fourth-order valence-electron chi connectivity index (χ4n) is 3.60. The number of ether oxygens (including phenoxy) is 1. The predicted molar refractivity (Wildman–Crippen MR) is 105 cm³/mol. The lowest BCUT2D eigenvalue weighted by Crippen LogP contribution is -2.49. The Labute approximate surface area is 166 Å². The van der Waals surface area contributed by atoms with Gasteiger partial charge in [-0.05, 0) is 37.0 Å². The highest BCUT2D eigenvalue weighted by Crippen LogP contribution is 2.31. The second-order valence-corrected chi connectivity index (χ2v) is 8.19. The highest BCUT2D eigenvalue weighted by molar-refractivity contribution is 7.12. The minimum Gasteiger partial charge on any atom is -0.423 e. The maximum absolute atomic E-state index is 13.2. The molecule has 6 nitrogen and oxygen atoms in total. The second kappa shape index (κ2) is 7.50. The number of thiophene rings is 1. The van der Waals surface area contributed by atoms with Gasteiger partial charge < -0.3 is 4.74 Å². The van der Waals surface area contributed by atoms with Gasteiger partial charge in [0.1, 0.15) is 0 Å². The highest BCUT2D eigenvalue weighted by atomic mass is 35.5. The zero-order valence-electron chi connectivity index (χ0n) is 14.8. The molecule has 2 amide bonds. The fraction of sp³-hybridized carbons (Fsp3) is 0.368. The monoisotopic (exact) mass is 405 g/mol. The molecule has 4 rings (SSSR count). The molecule has 1 aromatic heterocycles. The van der Waals surface area contributed by atoms with Crippen molar-refractivity contribution in [1.29, 1.82) is 0 Å². The van der Waals surface area contributed by atoms with Crippen molar-refractivity contribution in [2.45, 2.75) is 24.2 Å². The first-order valence-electron chi connectivity index (χ1n) is 8.78. The first-order chi connectivity index (χ1) is 13.0. The van der Waals surface area contributed by atoms with Crippen LogP contribution in [0.25, 0.3) is 0 Å². The summed E-state index contributed by atoms with van der Waals surface area (Å²) in [6.07, 6.45) is -0.453. The average molecular weight is 406 g/mol. The van der Waals surface area contributed by atoms with E-state index < -0.39 is 12.3 Å². The fourth-order valence-corrected chi connectivity index (χ4v) is 4.55. The van der Waals surface area contributed by atoms with E-state index in [9.17, 15) is 9.59 Å². The number of carbonyl (C=O) groups is 2. The van der Waals surface area contributed by atoms with Crippen LogP contribution in [0.1, 0.15) is 16.1 Å². The average Bonchev–Trinajstić information content (AvgIpc) is 3.38. The maximum Gasteiger partial charge on any atom is 0.416 e. The van der Waals surface area contributed by atoms with Gasteiger partial charge in [0, 0.05) is 12.2 Å². The van der Waals surface area contributed by atoms with Gasteiger partial charge in [-0.2, -0.15) is 0 Å². The Bertz CT molecular complexity index is 807. The first kappa shape index (κ1) is 18.3. The number of hydrogen-bond acceptors (Lipinski definition) is 5. The lowest BCUT2D eigenvalue weighted by molar-refractivity contribution is 0.00361. The molecule has 0 bridgehead atoms. The van der Waals surface area contributed by atoms with Crippen molar-refractivity contribution in [1.82, 2.24) is 9.80 Å². The number of likely N-dealkylation sites (tertiary alicyclic amines) is 1. The van der Waals surface area contributed by atoms with E-state index in [1.54, 1.807) is 15.9 Å². The Morgan fingerprint density at radius 3 is 2.63 bits per heavy atom. The van der Waals surface area contributed by atoms with Crippen molar-refractivity contribution < 1.29 is 14.3 Å². The molecule has 2 saturated heterocycles. The van der Waals surface area contributed by atoms with Gasteiger partial charge in [0.05, 0.1) is 23.0 Å². The number of amides is 2. The predicted octanol–water partition coefficient (Wildman–Crippen LogP) is 3.44. The van der Waals surface area contributed by atoms with Crippen molar-refractivity contribution in [2.24, 2.45) is 0 Å². The number of likely N-dealkylation sites (N-methyl/N-ethyl adjacent to an activating group) is 1. The van der Waals surface area contributed by atoms with Gasteiger partial charge in [-0.15, -0.1) is 22.9 Å². The van der Waals surface area contributed by atoms with E-state index in [2.05, 4.69) is 0 Å². The van der Waals surface area contributed by atoms with Gasteiger partial charge in [-0.3, -0.25) is 19.5 Å². The summed E-state index contributed by atoms with van der Waals surface area (Å²) < 4.78 is 5.63. The van der Waals surface area contributed by atoms with Crippen LogP contribution in [0, 0.1) is 0 Å². The number of hydrogen-bond donors (Lipinski definition) is 0. The zero-order valence-corrected chi connectivity index (χ0v) is 16.4. The molecule has 2 aromatic rings. The summed E-state index contributed by atoms with van der Waals surface area (Å²) in [4.78, 5) is 31.6. The Balaban J connectivity index is 1.61. The number of para-hydroxylation sites is 1. The molecule has 0 N–H and O–H groups in total. The molecule has 0 saturated carbocycles. The van der Waals surface area contributed by atoms with Crippen LogP contribution in [-0.2, 0) is 4.74 Å². The second-order valence-electron chi connectivity index (χ2n) is 6.74. The van der Waals surface area contributed by atoms with Crippen LogP contribution in [-0.4, -0.2) is 59.7 Å². The molecule has 0 aliphatic carbocycles. The standard InChI is InChI=1S/C19H20ClN3O3S/c1-21-11-14(10-16(21)20)23(18(24)15-8-5-9-27-15)17-12-22(19(25)26-17)13-6-3-2-4-7-13/h2-9,14,16-17H,10-12H2,1H3. The maximum atomic E-state index is 13.2. The SMILES string of the molecule is CN1CC(N(C(=O)c2cccs2)C2CN(c3ccccc3)C(=O)O2)CC1Cl. The lowest BCUT2D eigenvalue weighted by Gasteiger charge is -2.32. The summed E-state index contributed by atoms with van der Waals surface area (Å²) >= 11 is 7.75. The Morgan fingerprint density at radius 1 is 1.22 bits per heavy atom. The van der Waals surface area contributed by atoms with E-state index in [0.717, 1.165) is 5.69 Å². The van der Waals surface area contributed by atoms with Crippen LogP contribution in [0.2, 0.25) is 0 Å².